The summed E-state index contributed by atoms with van der Waals surface area (Å²) in [5.74, 6) is 0.666. The van der Waals surface area contributed by atoms with Crippen LogP contribution in [0.3, 0.4) is 0 Å². The number of nitrogens with two attached hydrogens (primary N) is 1. The minimum atomic E-state index is 0.0320. The first-order valence-electron chi connectivity index (χ1n) is 6.42. The van der Waals surface area contributed by atoms with Crippen LogP contribution in [0, 0.1) is 5.92 Å². The molecule has 4 nitrogen and oxygen atoms in total. The van der Waals surface area contributed by atoms with Crippen molar-refractivity contribution in [2.75, 3.05) is 6.54 Å². The molecule has 17 heavy (non-hydrogen) atoms. The van der Waals surface area contributed by atoms with Crippen molar-refractivity contribution >= 4 is 0 Å². The quantitative estimate of drug-likeness (QED) is 0.779. The summed E-state index contributed by atoms with van der Waals surface area (Å²) >= 11 is 0. The molecule has 1 fully saturated rings. The Hall–Kier alpha value is -0.870. The molecule has 1 aromatic heterocycles. The summed E-state index contributed by atoms with van der Waals surface area (Å²) in [5, 5.41) is 7.96. The van der Waals surface area contributed by atoms with Gasteiger partial charge in [0.25, 0.3) is 0 Å². The van der Waals surface area contributed by atoms with E-state index in [0.717, 1.165) is 13.0 Å². The Bertz CT molecular complexity index is 377. The number of hydrogen-bond acceptors (Lipinski definition) is 3. The second-order valence-corrected chi connectivity index (χ2v) is 6.28. The largest absolute Gasteiger partial charge is 0.326 e. The van der Waals surface area contributed by atoms with Gasteiger partial charge >= 0.3 is 0 Å². The molecular formula is C13H24N4. The van der Waals surface area contributed by atoms with Crippen molar-refractivity contribution < 1.29 is 0 Å². The van der Waals surface area contributed by atoms with Crippen LogP contribution >= 0.6 is 0 Å². The van der Waals surface area contributed by atoms with E-state index in [2.05, 4.69) is 44.3 Å². The molecule has 1 aliphatic heterocycles. The molecule has 96 valence electrons. The van der Waals surface area contributed by atoms with Crippen molar-refractivity contribution in [1.82, 2.24) is 15.1 Å². The number of hydrogen-bond donors (Lipinski definition) is 2. The summed E-state index contributed by atoms with van der Waals surface area (Å²) in [5.41, 5.74) is 7.46. The Kier molecular flexibility index (Phi) is 3.27. The van der Waals surface area contributed by atoms with Crippen LogP contribution in [-0.4, -0.2) is 22.4 Å². The highest BCUT2D eigenvalue weighted by atomic mass is 15.3. The Morgan fingerprint density at radius 1 is 1.47 bits per heavy atom. The van der Waals surface area contributed by atoms with Crippen LogP contribution in [-0.2, 0) is 5.54 Å². The number of nitrogens with one attached hydrogen (secondary N) is 1. The summed E-state index contributed by atoms with van der Waals surface area (Å²) < 4.78 is 2.01. The molecule has 0 spiro atoms. The predicted molar refractivity (Wildman–Crippen MR) is 69.7 cm³/mol. The molecule has 2 heterocycles. The zero-order chi connectivity index (χ0) is 12.6. The minimum absolute atomic E-state index is 0.0320. The molecule has 2 rings (SSSR count). The summed E-state index contributed by atoms with van der Waals surface area (Å²) in [6, 6.07) is 0.443. The normalized spacial score (nSPS) is 30.5. The average molecular weight is 236 g/mol. The summed E-state index contributed by atoms with van der Waals surface area (Å²) in [6.45, 7) is 9.74. The second-order valence-electron chi connectivity index (χ2n) is 6.28. The lowest BCUT2D eigenvalue weighted by Crippen LogP contribution is -2.46. The lowest BCUT2D eigenvalue weighted by atomic mass is 9.89. The smallest absolute Gasteiger partial charge is 0.0543 e. The third-order valence-corrected chi connectivity index (χ3v) is 3.44. The summed E-state index contributed by atoms with van der Waals surface area (Å²) in [4.78, 5) is 0. The molecule has 3 unspecified atom stereocenters. The molecule has 1 saturated heterocycles. The molecule has 0 aliphatic carbocycles. The first-order chi connectivity index (χ1) is 7.88. The van der Waals surface area contributed by atoms with Crippen LogP contribution in [0.4, 0.5) is 0 Å². The second kappa shape index (κ2) is 4.42. The molecule has 0 aromatic carbocycles. The van der Waals surface area contributed by atoms with Gasteiger partial charge in [0.1, 0.15) is 0 Å². The van der Waals surface area contributed by atoms with Crippen LogP contribution < -0.4 is 11.1 Å². The van der Waals surface area contributed by atoms with Gasteiger partial charge in [0.2, 0.25) is 0 Å². The van der Waals surface area contributed by atoms with E-state index in [9.17, 15) is 0 Å². The van der Waals surface area contributed by atoms with Crippen molar-refractivity contribution in [2.24, 2.45) is 11.7 Å². The Morgan fingerprint density at radius 3 is 2.71 bits per heavy atom. The van der Waals surface area contributed by atoms with Crippen LogP contribution in [0.2, 0.25) is 0 Å². The van der Waals surface area contributed by atoms with Gasteiger partial charge in [-0.15, -0.1) is 0 Å². The van der Waals surface area contributed by atoms with E-state index in [0.29, 0.717) is 5.92 Å². The van der Waals surface area contributed by atoms with Gasteiger partial charge in [-0.1, -0.05) is 6.92 Å². The van der Waals surface area contributed by atoms with Crippen LogP contribution in [0.5, 0.6) is 0 Å². The highest BCUT2D eigenvalue weighted by Crippen LogP contribution is 2.25. The lowest BCUT2D eigenvalue weighted by Gasteiger charge is -2.33. The Balaban J connectivity index is 2.15. The zero-order valence-electron chi connectivity index (χ0n) is 11.3. The molecule has 1 aromatic rings. The van der Waals surface area contributed by atoms with E-state index in [1.54, 1.807) is 0 Å². The third kappa shape index (κ3) is 2.69. The number of rotatable bonds is 1. The minimum Gasteiger partial charge on any atom is -0.326 e. The first-order valence-corrected chi connectivity index (χ1v) is 6.42. The molecule has 3 atom stereocenters. The van der Waals surface area contributed by atoms with E-state index in [-0.39, 0.29) is 17.6 Å². The SMILES string of the molecule is CC1CNC(c2cnn(C(C)(C)C)c2)C(N)C1. The summed E-state index contributed by atoms with van der Waals surface area (Å²) in [7, 11) is 0. The number of nitrogens with zero attached hydrogens (tertiary/aromatic N) is 2. The highest BCUT2D eigenvalue weighted by Gasteiger charge is 2.28. The topological polar surface area (TPSA) is 55.9 Å². The van der Waals surface area contributed by atoms with E-state index in [1.165, 1.54) is 5.56 Å². The van der Waals surface area contributed by atoms with Gasteiger partial charge in [0, 0.05) is 17.8 Å². The van der Waals surface area contributed by atoms with Crippen LogP contribution in [0.1, 0.15) is 45.7 Å². The maximum atomic E-state index is 6.22. The van der Waals surface area contributed by atoms with Crippen LogP contribution in [0.25, 0.3) is 0 Å². The van der Waals surface area contributed by atoms with Crippen LogP contribution in [0.15, 0.2) is 12.4 Å². The van der Waals surface area contributed by atoms with Gasteiger partial charge in [-0.05, 0) is 39.7 Å². The molecule has 0 saturated carbocycles. The maximum Gasteiger partial charge on any atom is 0.0543 e. The summed E-state index contributed by atoms with van der Waals surface area (Å²) in [6.07, 6.45) is 5.14. The Morgan fingerprint density at radius 2 is 2.18 bits per heavy atom. The van der Waals surface area contributed by atoms with E-state index >= 15 is 0 Å². The fraction of sp³-hybridized carbons (Fsp3) is 0.769. The van der Waals surface area contributed by atoms with E-state index in [1.807, 2.05) is 10.9 Å². The van der Waals surface area contributed by atoms with Crippen molar-refractivity contribution in [3.8, 4) is 0 Å². The monoisotopic (exact) mass is 236 g/mol. The number of aromatic nitrogens is 2. The molecule has 3 N–H and O–H groups in total. The van der Waals surface area contributed by atoms with Gasteiger partial charge < -0.3 is 11.1 Å². The van der Waals surface area contributed by atoms with Gasteiger partial charge in [0.15, 0.2) is 0 Å². The standard InChI is InChI=1S/C13H24N4/c1-9-5-11(14)12(15-6-9)10-7-16-17(8-10)13(2,3)4/h7-9,11-12,15H,5-6,14H2,1-4H3. The molecule has 4 heteroatoms. The fourth-order valence-corrected chi connectivity index (χ4v) is 2.39. The van der Waals surface area contributed by atoms with E-state index in [4.69, 9.17) is 5.73 Å². The fourth-order valence-electron chi connectivity index (χ4n) is 2.39. The van der Waals surface area contributed by atoms with Gasteiger partial charge in [0.05, 0.1) is 17.8 Å². The van der Waals surface area contributed by atoms with Crippen molar-refractivity contribution in [2.45, 2.75) is 51.7 Å². The molecule has 0 bridgehead atoms. The predicted octanol–water partition coefficient (Wildman–Crippen LogP) is 1.64. The average Bonchev–Trinajstić information content (AvgIpc) is 2.65. The molecular weight excluding hydrogens is 212 g/mol. The maximum absolute atomic E-state index is 6.22. The lowest BCUT2D eigenvalue weighted by molar-refractivity contribution is 0.290. The zero-order valence-corrected chi connectivity index (χ0v) is 11.3. The molecule has 0 radical (unpaired) electrons. The van der Waals surface area contributed by atoms with Gasteiger partial charge in [-0.25, -0.2) is 0 Å². The van der Waals surface area contributed by atoms with Crippen molar-refractivity contribution in [1.29, 1.82) is 0 Å². The van der Waals surface area contributed by atoms with Gasteiger partial charge in [-0.3, -0.25) is 4.68 Å². The number of piperidine rings is 1. The van der Waals surface area contributed by atoms with Crippen molar-refractivity contribution in [3.05, 3.63) is 18.0 Å². The van der Waals surface area contributed by atoms with E-state index < -0.39 is 0 Å². The molecule has 0 amide bonds. The highest BCUT2D eigenvalue weighted by molar-refractivity contribution is 5.15. The molecule has 1 aliphatic rings. The van der Waals surface area contributed by atoms with Gasteiger partial charge in [-0.2, -0.15) is 5.10 Å². The Labute approximate surface area is 104 Å². The van der Waals surface area contributed by atoms with Crippen molar-refractivity contribution in [3.63, 3.8) is 0 Å². The third-order valence-electron chi connectivity index (χ3n) is 3.44. The first kappa shape index (κ1) is 12.6.